The van der Waals surface area contributed by atoms with E-state index in [0.717, 1.165) is 5.56 Å². The van der Waals surface area contributed by atoms with Crippen molar-refractivity contribution in [3.05, 3.63) is 59.8 Å². The van der Waals surface area contributed by atoms with Gasteiger partial charge in [0, 0.05) is 13.1 Å². The molecule has 1 aromatic heterocycles. The highest BCUT2D eigenvalue weighted by molar-refractivity contribution is 5.86. The minimum Gasteiger partial charge on any atom is -0.458 e. The number of halogens is 1. The number of esters is 1. The maximum Gasteiger partial charge on any atom is 0.374 e. The molecule has 0 atom stereocenters. The molecule has 1 heterocycles. The van der Waals surface area contributed by atoms with Gasteiger partial charge in [0.05, 0.1) is 6.26 Å². The Balaban J connectivity index is 1.62. The SMILES string of the molecule is O=C(OCCNCc1ccc(F)cc1)c1ccco1. The van der Waals surface area contributed by atoms with Crippen LogP contribution in [0.15, 0.2) is 47.1 Å². The van der Waals surface area contributed by atoms with Crippen LogP contribution in [0, 0.1) is 5.82 Å². The number of benzene rings is 1. The Hall–Kier alpha value is -2.14. The van der Waals surface area contributed by atoms with Gasteiger partial charge in [0.2, 0.25) is 5.76 Å². The number of carbonyl (C=O) groups excluding carboxylic acids is 1. The van der Waals surface area contributed by atoms with E-state index in [4.69, 9.17) is 9.15 Å². The lowest BCUT2D eigenvalue weighted by Crippen LogP contribution is -2.21. The molecule has 0 saturated heterocycles. The average molecular weight is 263 g/mol. The molecular formula is C14H14FNO3. The molecule has 0 radical (unpaired) electrons. The van der Waals surface area contributed by atoms with Gasteiger partial charge in [-0.3, -0.25) is 0 Å². The Labute approximate surface area is 110 Å². The topological polar surface area (TPSA) is 51.5 Å². The molecule has 2 rings (SSSR count). The molecule has 0 spiro atoms. The molecule has 1 aromatic carbocycles. The first-order valence-corrected chi connectivity index (χ1v) is 5.91. The normalized spacial score (nSPS) is 10.4. The lowest BCUT2D eigenvalue weighted by atomic mass is 10.2. The monoisotopic (exact) mass is 263 g/mol. The molecule has 0 fully saturated rings. The van der Waals surface area contributed by atoms with Crippen molar-refractivity contribution in [2.75, 3.05) is 13.2 Å². The first kappa shape index (κ1) is 13.3. The van der Waals surface area contributed by atoms with Crippen molar-refractivity contribution in [3.63, 3.8) is 0 Å². The fourth-order valence-corrected chi connectivity index (χ4v) is 1.52. The van der Waals surface area contributed by atoms with Crippen LogP contribution in [0.4, 0.5) is 4.39 Å². The van der Waals surface area contributed by atoms with E-state index in [0.29, 0.717) is 13.1 Å². The van der Waals surface area contributed by atoms with Crippen LogP contribution in [0.25, 0.3) is 0 Å². The van der Waals surface area contributed by atoms with E-state index in [1.165, 1.54) is 18.4 Å². The first-order chi connectivity index (χ1) is 9.25. The molecule has 0 aliphatic heterocycles. The van der Waals surface area contributed by atoms with Crippen molar-refractivity contribution in [1.29, 1.82) is 0 Å². The predicted molar refractivity (Wildman–Crippen MR) is 67.1 cm³/mol. The zero-order valence-corrected chi connectivity index (χ0v) is 10.3. The first-order valence-electron chi connectivity index (χ1n) is 5.91. The standard InChI is InChI=1S/C14H14FNO3/c15-12-5-3-11(4-6-12)10-16-7-9-19-14(17)13-2-1-8-18-13/h1-6,8,16H,7,9-10H2. The summed E-state index contributed by atoms with van der Waals surface area (Å²) < 4.78 is 22.6. The summed E-state index contributed by atoms with van der Waals surface area (Å²) in [6.45, 7) is 1.36. The van der Waals surface area contributed by atoms with Gasteiger partial charge in [-0.15, -0.1) is 0 Å². The van der Waals surface area contributed by atoms with Crippen molar-refractivity contribution < 1.29 is 18.3 Å². The number of nitrogens with one attached hydrogen (secondary N) is 1. The number of hydrogen-bond acceptors (Lipinski definition) is 4. The summed E-state index contributed by atoms with van der Waals surface area (Å²) in [7, 11) is 0. The van der Waals surface area contributed by atoms with E-state index in [9.17, 15) is 9.18 Å². The second-order valence-corrected chi connectivity index (χ2v) is 3.92. The third-order valence-corrected chi connectivity index (χ3v) is 2.48. The third-order valence-electron chi connectivity index (χ3n) is 2.48. The molecule has 0 amide bonds. The average Bonchev–Trinajstić information content (AvgIpc) is 2.94. The summed E-state index contributed by atoms with van der Waals surface area (Å²) in [6.07, 6.45) is 1.42. The number of furan rings is 1. The lowest BCUT2D eigenvalue weighted by Gasteiger charge is -2.05. The van der Waals surface area contributed by atoms with Crippen LogP contribution in [-0.2, 0) is 11.3 Å². The molecule has 2 aromatic rings. The second kappa shape index (κ2) is 6.70. The van der Waals surface area contributed by atoms with Gasteiger partial charge in [-0.25, -0.2) is 9.18 Å². The molecule has 0 aliphatic rings. The van der Waals surface area contributed by atoms with Gasteiger partial charge in [-0.05, 0) is 29.8 Å². The molecular weight excluding hydrogens is 249 g/mol. The molecule has 19 heavy (non-hydrogen) atoms. The zero-order chi connectivity index (χ0) is 13.5. The Bertz CT molecular complexity index is 508. The van der Waals surface area contributed by atoms with Crippen LogP contribution < -0.4 is 5.32 Å². The highest BCUT2D eigenvalue weighted by atomic mass is 19.1. The Kier molecular flexibility index (Phi) is 4.69. The fourth-order valence-electron chi connectivity index (χ4n) is 1.52. The maximum atomic E-state index is 12.7. The predicted octanol–water partition coefficient (Wildman–Crippen LogP) is 2.37. The van der Waals surface area contributed by atoms with Crippen molar-refractivity contribution in [1.82, 2.24) is 5.32 Å². The van der Waals surface area contributed by atoms with Crippen molar-refractivity contribution >= 4 is 5.97 Å². The van der Waals surface area contributed by atoms with E-state index in [-0.39, 0.29) is 18.2 Å². The van der Waals surface area contributed by atoms with Crippen LogP contribution in [0.1, 0.15) is 16.1 Å². The van der Waals surface area contributed by atoms with Crippen LogP contribution in [0.5, 0.6) is 0 Å². The van der Waals surface area contributed by atoms with Gasteiger partial charge in [0.25, 0.3) is 0 Å². The minimum absolute atomic E-state index is 0.193. The van der Waals surface area contributed by atoms with Gasteiger partial charge in [0.1, 0.15) is 12.4 Å². The molecule has 5 heteroatoms. The molecule has 0 aliphatic carbocycles. The molecule has 0 bridgehead atoms. The summed E-state index contributed by atoms with van der Waals surface area (Å²) in [6, 6.07) is 9.41. The molecule has 1 N–H and O–H groups in total. The lowest BCUT2D eigenvalue weighted by molar-refractivity contribution is 0.0472. The smallest absolute Gasteiger partial charge is 0.374 e. The van der Waals surface area contributed by atoms with E-state index in [1.54, 1.807) is 24.3 Å². The number of hydrogen-bond donors (Lipinski definition) is 1. The van der Waals surface area contributed by atoms with Gasteiger partial charge >= 0.3 is 5.97 Å². The van der Waals surface area contributed by atoms with E-state index < -0.39 is 5.97 Å². The molecule has 0 unspecified atom stereocenters. The van der Waals surface area contributed by atoms with E-state index >= 15 is 0 Å². The highest BCUT2D eigenvalue weighted by Gasteiger charge is 2.08. The van der Waals surface area contributed by atoms with Crippen molar-refractivity contribution in [2.45, 2.75) is 6.54 Å². The van der Waals surface area contributed by atoms with Crippen LogP contribution in [-0.4, -0.2) is 19.1 Å². The molecule has 0 saturated carbocycles. The minimum atomic E-state index is -0.478. The summed E-state index contributed by atoms with van der Waals surface area (Å²) >= 11 is 0. The van der Waals surface area contributed by atoms with Gasteiger partial charge in [0.15, 0.2) is 0 Å². The Morgan fingerprint density at radius 1 is 1.26 bits per heavy atom. The van der Waals surface area contributed by atoms with E-state index in [1.807, 2.05) is 0 Å². The highest BCUT2D eigenvalue weighted by Crippen LogP contribution is 2.03. The fraction of sp³-hybridized carbons (Fsp3) is 0.214. The number of carbonyl (C=O) groups is 1. The van der Waals surface area contributed by atoms with Gasteiger partial charge in [-0.2, -0.15) is 0 Å². The summed E-state index contributed by atoms with van der Waals surface area (Å²) in [5, 5.41) is 3.09. The van der Waals surface area contributed by atoms with Crippen LogP contribution in [0.3, 0.4) is 0 Å². The quantitative estimate of drug-likeness (QED) is 0.642. The third kappa shape index (κ3) is 4.22. The number of ether oxygens (including phenoxy) is 1. The summed E-state index contributed by atoms with van der Waals surface area (Å²) in [5.41, 5.74) is 0.971. The molecule has 4 nitrogen and oxygen atoms in total. The second-order valence-electron chi connectivity index (χ2n) is 3.92. The van der Waals surface area contributed by atoms with Crippen molar-refractivity contribution in [3.8, 4) is 0 Å². The van der Waals surface area contributed by atoms with Gasteiger partial charge < -0.3 is 14.5 Å². The van der Waals surface area contributed by atoms with Crippen molar-refractivity contribution in [2.24, 2.45) is 0 Å². The molecule has 100 valence electrons. The largest absolute Gasteiger partial charge is 0.458 e. The Morgan fingerprint density at radius 2 is 2.05 bits per heavy atom. The number of rotatable bonds is 6. The van der Waals surface area contributed by atoms with Gasteiger partial charge in [-0.1, -0.05) is 12.1 Å². The van der Waals surface area contributed by atoms with E-state index in [2.05, 4.69) is 5.32 Å². The maximum absolute atomic E-state index is 12.7. The Morgan fingerprint density at radius 3 is 2.74 bits per heavy atom. The summed E-state index contributed by atoms with van der Waals surface area (Å²) in [5.74, 6) is -0.539. The van der Waals surface area contributed by atoms with Crippen LogP contribution >= 0.6 is 0 Å². The zero-order valence-electron chi connectivity index (χ0n) is 10.3. The summed E-state index contributed by atoms with van der Waals surface area (Å²) in [4.78, 5) is 11.4. The van der Waals surface area contributed by atoms with Crippen LogP contribution in [0.2, 0.25) is 0 Å².